The predicted octanol–water partition coefficient (Wildman–Crippen LogP) is 1.43. The number of carbonyl (C=O) groups excluding carboxylic acids is 1. The fourth-order valence-corrected chi connectivity index (χ4v) is 2.49. The van der Waals surface area contributed by atoms with E-state index in [0.29, 0.717) is 6.42 Å². The monoisotopic (exact) mass is 242 g/mol. The molecule has 4 heteroatoms. The third-order valence-electron chi connectivity index (χ3n) is 3.90. The molecule has 1 rings (SSSR count). The number of amides is 1. The van der Waals surface area contributed by atoms with Crippen molar-refractivity contribution in [3.63, 3.8) is 0 Å². The van der Waals surface area contributed by atoms with Crippen LogP contribution in [0.2, 0.25) is 0 Å². The van der Waals surface area contributed by atoms with Crippen LogP contribution in [0.5, 0.6) is 0 Å². The van der Waals surface area contributed by atoms with Gasteiger partial charge in [0.2, 0.25) is 5.91 Å². The first-order chi connectivity index (χ1) is 7.91. The number of ether oxygens (including phenoxy) is 1. The largest absolute Gasteiger partial charge is 0.381 e. The summed E-state index contributed by atoms with van der Waals surface area (Å²) in [6, 6.07) is 0.204. The zero-order valence-electron chi connectivity index (χ0n) is 11.5. The van der Waals surface area contributed by atoms with E-state index >= 15 is 0 Å². The topological polar surface area (TPSA) is 64.4 Å². The van der Waals surface area contributed by atoms with Gasteiger partial charge in [-0.25, -0.2) is 0 Å². The molecule has 0 spiro atoms. The van der Waals surface area contributed by atoms with Crippen molar-refractivity contribution in [2.75, 3.05) is 7.11 Å². The lowest BCUT2D eigenvalue weighted by Gasteiger charge is -2.51. The van der Waals surface area contributed by atoms with Gasteiger partial charge in [-0.05, 0) is 12.8 Å². The van der Waals surface area contributed by atoms with Crippen LogP contribution in [0, 0.1) is 5.41 Å². The van der Waals surface area contributed by atoms with Crippen molar-refractivity contribution in [2.24, 2.45) is 11.1 Å². The minimum Gasteiger partial charge on any atom is -0.381 e. The fourth-order valence-electron chi connectivity index (χ4n) is 2.49. The average Bonchev–Trinajstić information content (AvgIpc) is 2.23. The van der Waals surface area contributed by atoms with E-state index in [1.165, 1.54) is 0 Å². The number of hydrogen-bond acceptors (Lipinski definition) is 3. The van der Waals surface area contributed by atoms with Crippen LogP contribution in [0.4, 0.5) is 0 Å². The summed E-state index contributed by atoms with van der Waals surface area (Å²) in [5.41, 5.74) is 5.88. The SMILES string of the molecule is CCCC(N)CC(=O)NC1CC(OC)C1(C)C. The van der Waals surface area contributed by atoms with Crippen molar-refractivity contribution in [3.8, 4) is 0 Å². The third kappa shape index (κ3) is 3.42. The second-order valence-corrected chi connectivity index (χ2v) is 5.65. The number of rotatable bonds is 6. The van der Waals surface area contributed by atoms with Gasteiger partial charge in [0, 0.05) is 31.0 Å². The lowest BCUT2D eigenvalue weighted by Crippen LogP contribution is -2.62. The first-order valence-electron chi connectivity index (χ1n) is 6.49. The van der Waals surface area contributed by atoms with Crippen LogP contribution in [-0.4, -0.2) is 31.2 Å². The molecule has 3 unspecified atom stereocenters. The lowest BCUT2D eigenvalue weighted by atomic mass is 9.64. The number of nitrogens with two attached hydrogens (primary N) is 1. The Morgan fingerprint density at radius 2 is 2.24 bits per heavy atom. The second kappa shape index (κ2) is 5.83. The lowest BCUT2D eigenvalue weighted by molar-refractivity contribution is -0.133. The van der Waals surface area contributed by atoms with Gasteiger partial charge in [0.1, 0.15) is 0 Å². The van der Waals surface area contributed by atoms with Crippen molar-refractivity contribution < 1.29 is 9.53 Å². The van der Waals surface area contributed by atoms with E-state index in [1.807, 2.05) is 0 Å². The van der Waals surface area contributed by atoms with E-state index in [9.17, 15) is 4.79 Å². The Kier molecular flexibility index (Phi) is 4.95. The Balaban J connectivity index is 2.33. The van der Waals surface area contributed by atoms with Crippen molar-refractivity contribution in [1.29, 1.82) is 0 Å². The summed E-state index contributed by atoms with van der Waals surface area (Å²) >= 11 is 0. The maximum Gasteiger partial charge on any atom is 0.221 e. The van der Waals surface area contributed by atoms with Gasteiger partial charge in [-0.15, -0.1) is 0 Å². The third-order valence-corrected chi connectivity index (χ3v) is 3.90. The van der Waals surface area contributed by atoms with Gasteiger partial charge < -0.3 is 15.8 Å². The van der Waals surface area contributed by atoms with Crippen molar-refractivity contribution in [3.05, 3.63) is 0 Å². The molecule has 0 heterocycles. The quantitative estimate of drug-likeness (QED) is 0.740. The zero-order valence-corrected chi connectivity index (χ0v) is 11.5. The Bertz CT molecular complexity index is 266. The normalized spacial score (nSPS) is 28.3. The van der Waals surface area contributed by atoms with Crippen LogP contribution >= 0.6 is 0 Å². The Hall–Kier alpha value is -0.610. The van der Waals surface area contributed by atoms with Gasteiger partial charge in [-0.1, -0.05) is 27.2 Å². The van der Waals surface area contributed by atoms with Gasteiger partial charge in [0.05, 0.1) is 6.10 Å². The van der Waals surface area contributed by atoms with E-state index < -0.39 is 0 Å². The van der Waals surface area contributed by atoms with E-state index in [-0.39, 0.29) is 29.5 Å². The van der Waals surface area contributed by atoms with E-state index in [1.54, 1.807) is 7.11 Å². The zero-order chi connectivity index (χ0) is 13.1. The minimum atomic E-state index is -0.0126. The molecule has 0 aromatic carbocycles. The fraction of sp³-hybridized carbons (Fsp3) is 0.923. The molecule has 0 aromatic rings. The molecule has 3 atom stereocenters. The summed E-state index contributed by atoms with van der Waals surface area (Å²) in [5.74, 6) is 0.0681. The molecular formula is C13H26N2O2. The Labute approximate surface area is 104 Å². The molecule has 0 bridgehead atoms. The Morgan fingerprint density at radius 3 is 2.71 bits per heavy atom. The molecule has 1 saturated carbocycles. The highest BCUT2D eigenvalue weighted by atomic mass is 16.5. The highest BCUT2D eigenvalue weighted by Gasteiger charge is 2.49. The maximum atomic E-state index is 11.8. The van der Waals surface area contributed by atoms with Crippen LogP contribution in [0.25, 0.3) is 0 Å². The first-order valence-corrected chi connectivity index (χ1v) is 6.49. The second-order valence-electron chi connectivity index (χ2n) is 5.65. The van der Waals surface area contributed by atoms with Crippen LogP contribution in [-0.2, 0) is 9.53 Å². The number of nitrogens with one attached hydrogen (secondary N) is 1. The van der Waals surface area contributed by atoms with E-state index in [0.717, 1.165) is 19.3 Å². The smallest absolute Gasteiger partial charge is 0.221 e. The number of hydrogen-bond donors (Lipinski definition) is 2. The molecule has 1 aliphatic rings. The molecule has 100 valence electrons. The standard InChI is InChI=1S/C13H26N2O2/c1-5-6-9(14)7-12(16)15-10-8-11(17-4)13(10,2)3/h9-11H,5-8,14H2,1-4H3,(H,15,16). The minimum absolute atomic E-state index is 0.0126. The summed E-state index contributed by atoms with van der Waals surface area (Å²) in [6.45, 7) is 6.33. The number of carbonyl (C=O) groups is 1. The molecule has 1 amide bonds. The molecule has 0 saturated heterocycles. The molecular weight excluding hydrogens is 216 g/mol. The molecule has 3 N–H and O–H groups in total. The highest BCUT2D eigenvalue weighted by molar-refractivity contribution is 5.77. The van der Waals surface area contributed by atoms with Crippen LogP contribution in [0.15, 0.2) is 0 Å². The van der Waals surface area contributed by atoms with Gasteiger partial charge in [-0.2, -0.15) is 0 Å². The predicted molar refractivity (Wildman–Crippen MR) is 68.6 cm³/mol. The highest BCUT2D eigenvalue weighted by Crippen LogP contribution is 2.42. The van der Waals surface area contributed by atoms with Gasteiger partial charge in [0.25, 0.3) is 0 Å². The summed E-state index contributed by atoms with van der Waals surface area (Å²) in [5, 5.41) is 3.06. The van der Waals surface area contributed by atoms with Crippen molar-refractivity contribution in [1.82, 2.24) is 5.32 Å². The summed E-state index contributed by atoms with van der Waals surface area (Å²) in [6.07, 6.45) is 3.50. The van der Waals surface area contributed by atoms with Crippen LogP contribution < -0.4 is 11.1 Å². The van der Waals surface area contributed by atoms with Gasteiger partial charge in [-0.3, -0.25) is 4.79 Å². The maximum absolute atomic E-state index is 11.8. The molecule has 17 heavy (non-hydrogen) atoms. The van der Waals surface area contributed by atoms with Gasteiger partial charge >= 0.3 is 0 Å². The van der Waals surface area contributed by atoms with Gasteiger partial charge in [0.15, 0.2) is 0 Å². The molecule has 0 radical (unpaired) electrons. The first kappa shape index (κ1) is 14.5. The molecule has 0 aliphatic heterocycles. The van der Waals surface area contributed by atoms with E-state index in [2.05, 4.69) is 26.1 Å². The van der Waals surface area contributed by atoms with Crippen molar-refractivity contribution >= 4 is 5.91 Å². The van der Waals surface area contributed by atoms with Crippen LogP contribution in [0.3, 0.4) is 0 Å². The molecule has 0 aromatic heterocycles. The summed E-state index contributed by atoms with van der Waals surface area (Å²) in [7, 11) is 1.72. The molecule has 1 aliphatic carbocycles. The molecule has 4 nitrogen and oxygen atoms in total. The van der Waals surface area contributed by atoms with E-state index in [4.69, 9.17) is 10.5 Å². The number of methoxy groups -OCH3 is 1. The summed E-state index contributed by atoms with van der Waals surface area (Å²) in [4.78, 5) is 11.8. The summed E-state index contributed by atoms with van der Waals surface area (Å²) < 4.78 is 5.36. The Morgan fingerprint density at radius 1 is 1.59 bits per heavy atom. The molecule has 1 fully saturated rings. The van der Waals surface area contributed by atoms with Crippen LogP contribution in [0.1, 0.15) is 46.5 Å². The van der Waals surface area contributed by atoms with Crippen molar-refractivity contribution in [2.45, 2.75) is 64.6 Å². The average molecular weight is 242 g/mol.